The highest BCUT2D eigenvalue weighted by Crippen LogP contribution is 2.25. The molecule has 0 unspecified atom stereocenters. The first-order valence-corrected chi connectivity index (χ1v) is 5.57. The zero-order valence-corrected chi connectivity index (χ0v) is 9.45. The van der Waals surface area contributed by atoms with Crippen LogP contribution in [0.3, 0.4) is 0 Å². The maximum Gasteiger partial charge on any atom is 0.198 e. The van der Waals surface area contributed by atoms with Crippen molar-refractivity contribution in [1.82, 2.24) is 0 Å². The summed E-state index contributed by atoms with van der Waals surface area (Å²) in [5, 5.41) is 0. The van der Waals surface area contributed by atoms with Crippen molar-refractivity contribution in [3.05, 3.63) is 0 Å². The van der Waals surface area contributed by atoms with Crippen molar-refractivity contribution in [3.8, 4) is 0 Å². The molecular weight excluding hydrogens is 192 g/mol. The van der Waals surface area contributed by atoms with Crippen molar-refractivity contribution >= 4 is 11.8 Å². The van der Waals surface area contributed by atoms with Crippen LogP contribution in [0.25, 0.3) is 0 Å². The van der Waals surface area contributed by atoms with Crippen molar-refractivity contribution in [2.75, 3.05) is 26.3 Å². The van der Waals surface area contributed by atoms with E-state index in [1.807, 2.05) is 0 Å². The lowest BCUT2D eigenvalue weighted by Crippen LogP contribution is -2.40. The molecule has 0 spiro atoms. The molecule has 4 heteroatoms. The molecule has 0 saturated carbocycles. The van der Waals surface area contributed by atoms with Crippen LogP contribution in [-0.2, 0) is 9.47 Å². The summed E-state index contributed by atoms with van der Waals surface area (Å²) in [4.78, 5) is 8.82. The Morgan fingerprint density at radius 2 is 1.40 bits per heavy atom. The second-order valence-corrected chi connectivity index (χ2v) is 4.40. The molecule has 0 aromatic rings. The highest BCUT2D eigenvalue weighted by atomic mass is 16.5. The van der Waals surface area contributed by atoms with Crippen LogP contribution in [0, 0.1) is 5.41 Å². The van der Waals surface area contributed by atoms with Crippen LogP contribution in [0.5, 0.6) is 0 Å². The monoisotopic (exact) mass is 210 g/mol. The van der Waals surface area contributed by atoms with Gasteiger partial charge < -0.3 is 9.47 Å². The van der Waals surface area contributed by atoms with Gasteiger partial charge >= 0.3 is 0 Å². The number of aliphatic imine (C=N–C) groups is 2. The van der Waals surface area contributed by atoms with Crippen LogP contribution in [0.15, 0.2) is 9.98 Å². The van der Waals surface area contributed by atoms with Gasteiger partial charge in [0.05, 0.1) is 13.2 Å². The predicted molar refractivity (Wildman–Crippen MR) is 59.5 cm³/mol. The minimum atomic E-state index is -0.305. The van der Waals surface area contributed by atoms with E-state index < -0.39 is 0 Å². The third kappa shape index (κ3) is 2.13. The summed E-state index contributed by atoms with van der Waals surface area (Å²) in [7, 11) is 0. The molecule has 15 heavy (non-hydrogen) atoms. The molecule has 0 aromatic carbocycles. The number of ether oxygens (including phenoxy) is 2. The second kappa shape index (κ2) is 4.21. The lowest BCUT2D eigenvalue weighted by Gasteiger charge is -2.31. The minimum Gasteiger partial charge on any atom is -0.480 e. The zero-order chi connectivity index (χ0) is 10.7. The number of hydrogen-bond donors (Lipinski definition) is 0. The Morgan fingerprint density at radius 1 is 0.933 bits per heavy atom. The predicted octanol–water partition coefficient (Wildman–Crippen LogP) is 1.65. The topological polar surface area (TPSA) is 43.2 Å². The second-order valence-electron chi connectivity index (χ2n) is 4.40. The Hall–Kier alpha value is -1.06. The molecule has 4 nitrogen and oxygen atoms in total. The SMILES string of the molecule is CC(C)(C1=NCCCO1)C1=NCCCO1. The summed E-state index contributed by atoms with van der Waals surface area (Å²) in [6.07, 6.45) is 2.01. The highest BCUT2D eigenvalue weighted by Gasteiger charge is 2.36. The van der Waals surface area contributed by atoms with E-state index in [2.05, 4.69) is 23.8 Å². The quantitative estimate of drug-likeness (QED) is 0.695. The molecule has 0 radical (unpaired) electrons. The molecule has 0 N–H and O–H groups in total. The normalized spacial score (nSPS) is 22.3. The fourth-order valence-electron chi connectivity index (χ4n) is 1.77. The van der Waals surface area contributed by atoms with Crippen molar-refractivity contribution in [3.63, 3.8) is 0 Å². The van der Waals surface area contributed by atoms with Crippen molar-refractivity contribution in [1.29, 1.82) is 0 Å². The number of hydrogen-bond acceptors (Lipinski definition) is 4. The molecular formula is C11H18N2O2. The van der Waals surface area contributed by atoms with E-state index in [0.29, 0.717) is 0 Å². The Balaban J connectivity index is 2.16. The van der Waals surface area contributed by atoms with Crippen LogP contribution in [0.1, 0.15) is 26.7 Å². The molecule has 0 aliphatic carbocycles. The van der Waals surface area contributed by atoms with Crippen LogP contribution in [0.2, 0.25) is 0 Å². The largest absolute Gasteiger partial charge is 0.480 e. The summed E-state index contributed by atoms with van der Waals surface area (Å²) in [6.45, 7) is 7.34. The fraction of sp³-hybridized carbons (Fsp3) is 0.818. The molecule has 0 aromatic heterocycles. The van der Waals surface area contributed by atoms with Gasteiger partial charge in [-0.3, -0.25) is 9.98 Å². The fourth-order valence-corrected chi connectivity index (χ4v) is 1.77. The lowest BCUT2D eigenvalue weighted by atomic mass is 9.92. The molecule has 0 fully saturated rings. The van der Waals surface area contributed by atoms with Gasteiger partial charge in [-0.2, -0.15) is 0 Å². The summed E-state index contributed by atoms with van der Waals surface area (Å²) in [5.41, 5.74) is -0.305. The van der Waals surface area contributed by atoms with Gasteiger partial charge in [-0.05, 0) is 13.8 Å². The molecule has 84 valence electrons. The van der Waals surface area contributed by atoms with Crippen LogP contribution < -0.4 is 0 Å². The maximum atomic E-state index is 5.59. The minimum absolute atomic E-state index is 0.305. The third-order valence-electron chi connectivity index (χ3n) is 2.66. The maximum absolute atomic E-state index is 5.59. The van der Waals surface area contributed by atoms with Crippen molar-refractivity contribution in [2.45, 2.75) is 26.7 Å². The molecule has 0 bridgehead atoms. The Labute approximate surface area is 90.4 Å². The Kier molecular flexibility index (Phi) is 2.93. The van der Waals surface area contributed by atoms with Gasteiger partial charge in [0.25, 0.3) is 0 Å². The molecule has 0 saturated heterocycles. The molecule has 2 heterocycles. The number of rotatable bonds is 2. The number of nitrogens with zero attached hydrogens (tertiary/aromatic N) is 2. The highest BCUT2D eigenvalue weighted by molar-refractivity contribution is 6.04. The average molecular weight is 210 g/mol. The van der Waals surface area contributed by atoms with E-state index in [9.17, 15) is 0 Å². The van der Waals surface area contributed by atoms with E-state index >= 15 is 0 Å². The smallest absolute Gasteiger partial charge is 0.198 e. The molecule has 0 atom stereocenters. The summed E-state index contributed by atoms with van der Waals surface area (Å²) in [6, 6.07) is 0. The Morgan fingerprint density at radius 3 is 1.73 bits per heavy atom. The van der Waals surface area contributed by atoms with Crippen LogP contribution in [-0.4, -0.2) is 38.1 Å². The Bertz CT molecular complexity index is 267. The van der Waals surface area contributed by atoms with Gasteiger partial charge in [-0.25, -0.2) is 0 Å². The zero-order valence-electron chi connectivity index (χ0n) is 9.45. The van der Waals surface area contributed by atoms with Crippen molar-refractivity contribution in [2.24, 2.45) is 15.4 Å². The first kappa shape index (κ1) is 10.5. The average Bonchev–Trinajstić information content (AvgIpc) is 2.31. The van der Waals surface area contributed by atoms with Gasteiger partial charge in [0, 0.05) is 25.9 Å². The van der Waals surface area contributed by atoms with E-state index in [-0.39, 0.29) is 5.41 Å². The standard InChI is InChI=1S/C11H18N2O2/c1-11(2,9-12-5-3-7-14-9)10-13-6-4-8-15-10/h3-8H2,1-2H3. The first-order chi connectivity index (χ1) is 7.21. The summed E-state index contributed by atoms with van der Waals surface area (Å²) >= 11 is 0. The van der Waals surface area contributed by atoms with Gasteiger partial charge in [0.15, 0.2) is 11.8 Å². The molecule has 2 aliphatic heterocycles. The van der Waals surface area contributed by atoms with Gasteiger partial charge in [0.1, 0.15) is 5.41 Å². The van der Waals surface area contributed by atoms with E-state index in [1.165, 1.54) is 0 Å². The molecule has 0 amide bonds. The third-order valence-corrected chi connectivity index (χ3v) is 2.66. The molecule has 2 rings (SSSR count). The van der Waals surface area contributed by atoms with Gasteiger partial charge in [-0.15, -0.1) is 0 Å². The summed E-state index contributed by atoms with van der Waals surface area (Å²) in [5.74, 6) is 1.55. The van der Waals surface area contributed by atoms with E-state index in [4.69, 9.17) is 9.47 Å². The summed E-state index contributed by atoms with van der Waals surface area (Å²) < 4.78 is 11.2. The first-order valence-electron chi connectivity index (χ1n) is 5.57. The molecule has 2 aliphatic rings. The lowest BCUT2D eigenvalue weighted by molar-refractivity contribution is 0.219. The van der Waals surface area contributed by atoms with Crippen LogP contribution in [0.4, 0.5) is 0 Å². The van der Waals surface area contributed by atoms with E-state index in [0.717, 1.165) is 50.9 Å². The van der Waals surface area contributed by atoms with Gasteiger partial charge in [-0.1, -0.05) is 0 Å². The van der Waals surface area contributed by atoms with Crippen LogP contribution >= 0.6 is 0 Å². The van der Waals surface area contributed by atoms with Crippen molar-refractivity contribution < 1.29 is 9.47 Å². The van der Waals surface area contributed by atoms with E-state index in [1.54, 1.807) is 0 Å². The van der Waals surface area contributed by atoms with Gasteiger partial charge in [0.2, 0.25) is 0 Å².